The molecule has 1 fully saturated rings. The van der Waals surface area contributed by atoms with Crippen LogP contribution in [0, 0.1) is 5.92 Å². The van der Waals surface area contributed by atoms with Gasteiger partial charge in [-0.05, 0) is 30.7 Å². The lowest BCUT2D eigenvalue weighted by molar-refractivity contribution is -0.126. The predicted octanol–water partition coefficient (Wildman–Crippen LogP) is 3.49. The van der Waals surface area contributed by atoms with Crippen molar-refractivity contribution >= 4 is 39.7 Å². The molecule has 1 aliphatic heterocycles. The molecule has 2 aromatic rings. The highest BCUT2D eigenvalue weighted by molar-refractivity contribution is 9.10. The van der Waals surface area contributed by atoms with Crippen molar-refractivity contribution in [2.24, 2.45) is 5.92 Å². The molecular weight excluding hydrogens is 370 g/mol. The van der Waals surface area contributed by atoms with Gasteiger partial charge >= 0.3 is 0 Å². The predicted molar refractivity (Wildman–Crippen MR) is 94.6 cm³/mol. The van der Waals surface area contributed by atoms with Crippen LogP contribution in [0.15, 0.2) is 59.1 Å². The van der Waals surface area contributed by atoms with Crippen LogP contribution in [0.4, 0.5) is 5.69 Å². The number of halogens is 1. The number of amides is 2. The summed E-state index contributed by atoms with van der Waals surface area (Å²) in [6, 6.07) is 16.1. The second-order valence-corrected chi connectivity index (χ2v) is 6.89. The highest BCUT2D eigenvalue weighted by atomic mass is 79.9. The first kappa shape index (κ1) is 16.6. The highest BCUT2D eigenvalue weighted by Crippen LogP contribution is 2.41. The van der Waals surface area contributed by atoms with Crippen LogP contribution in [-0.2, 0) is 19.8 Å². The van der Waals surface area contributed by atoms with Crippen molar-refractivity contribution in [3.05, 3.63) is 64.6 Å². The van der Waals surface area contributed by atoms with E-state index < -0.39 is 11.3 Å². The summed E-state index contributed by atoms with van der Waals surface area (Å²) >= 11 is 3.45. The number of hydrogen-bond acceptors (Lipinski definition) is 3. The van der Waals surface area contributed by atoms with Gasteiger partial charge in [0, 0.05) is 10.9 Å². The Morgan fingerprint density at radius 3 is 2.33 bits per heavy atom. The summed E-state index contributed by atoms with van der Waals surface area (Å²) in [5.41, 5.74) is 0.174. The van der Waals surface area contributed by atoms with Crippen LogP contribution in [0.5, 0.6) is 0 Å². The summed E-state index contributed by atoms with van der Waals surface area (Å²) in [7, 11) is 0. The summed E-state index contributed by atoms with van der Waals surface area (Å²) in [5.74, 6) is -1.34. The van der Waals surface area contributed by atoms with Crippen LogP contribution in [0.2, 0.25) is 0 Å². The molecule has 2 aromatic carbocycles. The standard InChI is InChI=1S/C19H16BrNO3/c1-19(12-22,14-9-5-6-10-16(14)20)15-11-17(23)21(18(15)24)13-7-3-2-4-8-13/h2-10,12,15H,11H2,1H3/t15-,19?/m1/s1. The number of nitrogens with zero attached hydrogens (tertiary/aromatic N) is 1. The Balaban J connectivity index is 2.03. The number of carbonyl (C=O) groups is 3. The lowest BCUT2D eigenvalue weighted by atomic mass is 9.72. The molecule has 2 atom stereocenters. The summed E-state index contributed by atoms with van der Waals surface area (Å²) in [4.78, 5) is 38.5. The van der Waals surface area contributed by atoms with Crippen molar-refractivity contribution in [2.75, 3.05) is 4.90 Å². The first-order valence-electron chi connectivity index (χ1n) is 7.62. The average molecular weight is 386 g/mol. The van der Waals surface area contributed by atoms with Gasteiger partial charge < -0.3 is 4.79 Å². The highest BCUT2D eigenvalue weighted by Gasteiger charge is 2.50. The minimum Gasteiger partial charge on any atom is -0.302 e. The van der Waals surface area contributed by atoms with E-state index in [9.17, 15) is 14.4 Å². The van der Waals surface area contributed by atoms with Gasteiger partial charge in [-0.1, -0.05) is 52.3 Å². The van der Waals surface area contributed by atoms with Gasteiger partial charge in [0.25, 0.3) is 0 Å². The zero-order valence-electron chi connectivity index (χ0n) is 13.1. The van der Waals surface area contributed by atoms with E-state index in [1.54, 1.807) is 37.3 Å². The minimum absolute atomic E-state index is 0.0182. The second-order valence-electron chi connectivity index (χ2n) is 6.04. The molecule has 0 aromatic heterocycles. The molecule has 1 unspecified atom stereocenters. The van der Waals surface area contributed by atoms with Crippen molar-refractivity contribution in [1.82, 2.24) is 0 Å². The van der Waals surface area contributed by atoms with Crippen molar-refractivity contribution in [3.63, 3.8) is 0 Å². The third-order valence-corrected chi connectivity index (χ3v) is 5.28. The second kappa shape index (κ2) is 6.32. The molecule has 1 saturated heterocycles. The topological polar surface area (TPSA) is 54.5 Å². The Morgan fingerprint density at radius 1 is 1.08 bits per heavy atom. The Hall–Kier alpha value is -2.27. The quantitative estimate of drug-likeness (QED) is 0.597. The maximum atomic E-state index is 12.9. The van der Waals surface area contributed by atoms with Gasteiger partial charge in [-0.2, -0.15) is 0 Å². The van der Waals surface area contributed by atoms with Crippen LogP contribution in [0.1, 0.15) is 18.9 Å². The number of anilines is 1. The number of aldehydes is 1. The molecule has 1 heterocycles. The monoisotopic (exact) mass is 385 g/mol. The molecule has 122 valence electrons. The van der Waals surface area contributed by atoms with Crippen LogP contribution < -0.4 is 4.90 Å². The van der Waals surface area contributed by atoms with E-state index in [2.05, 4.69) is 15.9 Å². The van der Waals surface area contributed by atoms with Crippen LogP contribution >= 0.6 is 15.9 Å². The third kappa shape index (κ3) is 2.59. The molecular formula is C19H16BrNO3. The van der Waals surface area contributed by atoms with E-state index in [4.69, 9.17) is 0 Å². The zero-order chi connectivity index (χ0) is 17.3. The third-order valence-electron chi connectivity index (χ3n) is 4.58. The first-order valence-corrected chi connectivity index (χ1v) is 8.41. The van der Waals surface area contributed by atoms with Crippen LogP contribution in [-0.4, -0.2) is 18.1 Å². The van der Waals surface area contributed by atoms with Crippen LogP contribution in [0.25, 0.3) is 0 Å². The molecule has 0 N–H and O–H groups in total. The minimum atomic E-state index is -1.07. The molecule has 0 bridgehead atoms. The number of hydrogen-bond donors (Lipinski definition) is 0. The summed E-state index contributed by atoms with van der Waals surface area (Å²) in [6.07, 6.45) is 0.793. The lowest BCUT2D eigenvalue weighted by Crippen LogP contribution is -2.40. The lowest BCUT2D eigenvalue weighted by Gasteiger charge is -2.29. The molecule has 3 rings (SSSR count). The number of benzene rings is 2. The Bertz CT molecular complexity index is 805. The van der Waals surface area contributed by atoms with E-state index in [-0.39, 0.29) is 18.2 Å². The van der Waals surface area contributed by atoms with E-state index in [1.165, 1.54) is 4.90 Å². The van der Waals surface area contributed by atoms with Gasteiger partial charge in [0.15, 0.2) is 0 Å². The van der Waals surface area contributed by atoms with Crippen molar-refractivity contribution in [1.29, 1.82) is 0 Å². The molecule has 0 saturated carbocycles. The number of imide groups is 1. The molecule has 24 heavy (non-hydrogen) atoms. The summed E-state index contributed by atoms with van der Waals surface area (Å²) in [6.45, 7) is 1.71. The maximum Gasteiger partial charge on any atom is 0.238 e. The first-order chi connectivity index (χ1) is 11.5. The molecule has 2 amide bonds. The van der Waals surface area contributed by atoms with Gasteiger partial charge in [-0.25, -0.2) is 0 Å². The molecule has 0 spiro atoms. The van der Waals surface area contributed by atoms with Crippen molar-refractivity contribution in [3.8, 4) is 0 Å². The van der Waals surface area contributed by atoms with Gasteiger partial charge in [0.2, 0.25) is 11.8 Å². The smallest absolute Gasteiger partial charge is 0.238 e. The fraction of sp³-hybridized carbons (Fsp3) is 0.211. The van der Waals surface area contributed by atoms with Crippen LogP contribution in [0.3, 0.4) is 0 Å². The Kier molecular flexibility index (Phi) is 4.37. The Morgan fingerprint density at radius 2 is 1.71 bits per heavy atom. The van der Waals surface area contributed by atoms with E-state index >= 15 is 0 Å². The SMILES string of the molecule is CC(C=O)(c1ccccc1Br)[C@@H]1CC(=O)N(c2ccccc2)C1=O. The molecule has 1 aliphatic rings. The fourth-order valence-corrected chi connectivity index (χ4v) is 3.89. The van der Waals surface area contributed by atoms with Crippen molar-refractivity contribution < 1.29 is 14.4 Å². The normalized spacial score (nSPS) is 20.1. The van der Waals surface area contributed by atoms with Gasteiger partial charge in [0.1, 0.15) is 6.29 Å². The number of carbonyl (C=O) groups excluding carboxylic acids is 3. The van der Waals surface area contributed by atoms with Gasteiger partial charge in [-0.3, -0.25) is 14.5 Å². The fourth-order valence-electron chi connectivity index (χ4n) is 3.18. The van der Waals surface area contributed by atoms with E-state index in [1.807, 2.05) is 24.3 Å². The van der Waals surface area contributed by atoms with Gasteiger partial charge in [0.05, 0.1) is 17.0 Å². The number of rotatable bonds is 4. The average Bonchev–Trinajstić information content (AvgIpc) is 2.90. The largest absolute Gasteiger partial charge is 0.302 e. The molecule has 5 heteroatoms. The van der Waals surface area contributed by atoms with Gasteiger partial charge in [-0.15, -0.1) is 0 Å². The van der Waals surface area contributed by atoms with Crippen molar-refractivity contribution in [2.45, 2.75) is 18.8 Å². The van der Waals surface area contributed by atoms with E-state index in [0.29, 0.717) is 11.3 Å². The maximum absolute atomic E-state index is 12.9. The summed E-state index contributed by atoms with van der Waals surface area (Å²) < 4.78 is 0.748. The zero-order valence-corrected chi connectivity index (χ0v) is 14.7. The van der Waals surface area contributed by atoms with E-state index in [0.717, 1.165) is 10.8 Å². The molecule has 4 nitrogen and oxygen atoms in total. The molecule has 0 radical (unpaired) electrons. The summed E-state index contributed by atoms with van der Waals surface area (Å²) in [5, 5.41) is 0. The molecule has 0 aliphatic carbocycles. The Labute approximate surface area is 148 Å². The number of para-hydroxylation sites is 1.